The first-order chi connectivity index (χ1) is 15.5. The van der Waals surface area contributed by atoms with E-state index in [1.54, 1.807) is 48.2 Å². The van der Waals surface area contributed by atoms with Crippen molar-refractivity contribution >= 4 is 33.3 Å². The molecular weight excluding hydrogens is 444 g/mol. The minimum atomic E-state index is -3.34. The van der Waals surface area contributed by atoms with Crippen molar-refractivity contribution in [1.82, 2.24) is 19.8 Å². The predicted molar refractivity (Wildman–Crippen MR) is 129 cm³/mol. The van der Waals surface area contributed by atoms with E-state index >= 15 is 0 Å². The Balaban J connectivity index is 1.69. The molecule has 2 aromatic rings. The van der Waals surface area contributed by atoms with E-state index in [4.69, 9.17) is 0 Å². The summed E-state index contributed by atoms with van der Waals surface area (Å²) in [6, 6.07) is 10.7. The standard InChI is InChI=1S/C22H32N6O4S/c1-17-7-5-9-19(23-17)25-21(29)15-27(3)11-13-33(31,32)14-12-28(4)16-22(30)26-20-10-6-8-18(2)24-20/h5-10H,11-16H2,1-4H3,(H,23,25,29)(H,24,26,30). The molecule has 0 aliphatic carbocycles. The van der Waals surface area contributed by atoms with Crippen LogP contribution in [0, 0.1) is 13.8 Å². The number of hydrogen-bond acceptors (Lipinski definition) is 8. The topological polar surface area (TPSA) is 125 Å². The van der Waals surface area contributed by atoms with E-state index < -0.39 is 9.84 Å². The highest BCUT2D eigenvalue weighted by Gasteiger charge is 2.16. The predicted octanol–water partition coefficient (Wildman–Crippen LogP) is 0.949. The third-order valence-corrected chi connectivity index (χ3v) is 6.32. The molecule has 2 amide bonds. The van der Waals surface area contributed by atoms with E-state index in [1.165, 1.54) is 0 Å². The summed E-state index contributed by atoms with van der Waals surface area (Å²) in [6.07, 6.45) is 0. The minimum absolute atomic E-state index is 0.0538. The van der Waals surface area contributed by atoms with E-state index in [2.05, 4.69) is 20.6 Å². The van der Waals surface area contributed by atoms with Crippen LogP contribution in [0.4, 0.5) is 11.6 Å². The smallest absolute Gasteiger partial charge is 0.239 e. The molecule has 0 atom stereocenters. The van der Waals surface area contributed by atoms with Crippen molar-refractivity contribution in [2.75, 3.05) is 62.4 Å². The van der Waals surface area contributed by atoms with Crippen molar-refractivity contribution in [2.24, 2.45) is 0 Å². The second-order valence-corrected chi connectivity index (χ2v) is 10.4. The van der Waals surface area contributed by atoms with Gasteiger partial charge in [0.05, 0.1) is 24.6 Å². The number of aromatic nitrogens is 2. The number of pyridine rings is 2. The van der Waals surface area contributed by atoms with E-state index in [0.29, 0.717) is 11.6 Å². The Bertz CT molecular complexity index is 983. The maximum absolute atomic E-state index is 12.4. The van der Waals surface area contributed by atoms with Gasteiger partial charge in [-0.25, -0.2) is 18.4 Å². The van der Waals surface area contributed by atoms with Gasteiger partial charge in [-0.15, -0.1) is 0 Å². The first kappa shape index (κ1) is 26.4. The largest absolute Gasteiger partial charge is 0.310 e. The van der Waals surface area contributed by atoms with Crippen molar-refractivity contribution in [3.63, 3.8) is 0 Å². The van der Waals surface area contributed by atoms with Gasteiger partial charge in [-0.1, -0.05) is 12.1 Å². The molecule has 0 bridgehead atoms. The highest BCUT2D eigenvalue weighted by Crippen LogP contribution is 2.05. The van der Waals surface area contributed by atoms with Gasteiger partial charge in [-0.2, -0.15) is 0 Å². The SMILES string of the molecule is Cc1cccc(NC(=O)CN(C)CCS(=O)(=O)CCN(C)CC(=O)Nc2cccc(C)n2)n1. The first-order valence-electron chi connectivity index (χ1n) is 10.6. The number of nitrogens with zero attached hydrogens (tertiary/aromatic N) is 4. The summed E-state index contributed by atoms with van der Waals surface area (Å²) in [4.78, 5) is 36.0. The second kappa shape index (κ2) is 12.4. The Hall–Kier alpha value is -2.89. The van der Waals surface area contributed by atoms with Gasteiger partial charge < -0.3 is 10.6 Å². The van der Waals surface area contributed by atoms with E-state index in [9.17, 15) is 18.0 Å². The maximum atomic E-state index is 12.4. The normalized spacial score (nSPS) is 11.6. The number of carbonyl (C=O) groups excluding carboxylic acids is 2. The molecule has 33 heavy (non-hydrogen) atoms. The van der Waals surface area contributed by atoms with Gasteiger partial charge >= 0.3 is 0 Å². The Morgan fingerprint density at radius 1 is 0.788 bits per heavy atom. The number of likely N-dealkylation sites (N-methyl/N-ethyl adjacent to an activating group) is 2. The summed E-state index contributed by atoms with van der Waals surface area (Å²) in [6.45, 7) is 4.21. The molecule has 2 rings (SSSR count). The zero-order valence-corrected chi connectivity index (χ0v) is 20.4. The molecule has 0 aliphatic rings. The van der Waals surface area contributed by atoms with E-state index in [1.807, 2.05) is 26.0 Å². The maximum Gasteiger partial charge on any atom is 0.239 e. The van der Waals surface area contributed by atoms with Crippen molar-refractivity contribution in [3.8, 4) is 0 Å². The summed E-state index contributed by atoms with van der Waals surface area (Å²) >= 11 is 0. The molecule has 0 saturated carbocycles. The molecule has 2 aromatic heterocycles. The summed E-state index contributed by atoms with van der Waals surface area (Å²) < 4.78 is 24.8. The number of nitrogens with one attached hydrogen (secondary N) is 2. The molecule has 0 unspecified atom stereocenters. The van der Waals surface area contributed by atoms with Gasteiger partial charge in [0.1, 0.15) is 11.6 Å². The number of amides is 2. The lowest BCUT2D eigenvalue weighted by Gasteiger charge is -2.18. The molecule has 10 nitrogen and oxygen atoms in total. The number of hydrogen-bond donors (Lipinski definition) is 2. The summed E-state index contributed by atoms with van der Waals surface area (Å²) in [5, 5.41) is 5.40. The van der Waals surface area contributed by atoms with Crippen LogP contribution in [0.15, 0.2) is 36.4 Å². The van der Waals surface area contributed by atoms with Gasteiger partial charge in [0.25, 0.3) is 0 Å². The molecule has 0 saturated heterocycles. The number of sulfone groups is 1. The Labute approximate surface area is 195 Å². The highest BCUT2D eigenvalue weighted by molar-refractivity contribution is 7.91. The molecule has 0 fully saturated rings. The number of rotatable bonds is 12. The van der Waals surface area contributed by atoms with Crippen molar-refractivity contribution in [1.29, 1.82) is 0 Å². The molecular formula is C22H32N6O4S. The average Bonchev–Trinajstić information content (AvgIpc) is 2.71. The lowest BCUT2D eigenvalue weighted by Crippen LogP contribution is -2.36. The van der Waals surface area contributed by atoms with Crippen LogP contribution in [-0.4, -0.2) is 91.8 Å². The number of aryl methyl sites for hydroxylation is 2. The van der Waals surface area contributed by atoms with Crippen LogP contribution in [0.2, 0.25) is 0 Å². The minimum Gasteiger partial charge on any atom is -0.310 e. The molecule has 11 heteroatoms. The average molecular weight is 477 g/mol. The van der Waals surface area contributed by atoms with Crippen molar-refractivity contribution < 1.29 is 18.0 Å². The molecule has 2 N–H and O–H groups in total. The van der Waals surface area contributed by atoms with Crippen molar-refractivity contribution in [3.05, 3.63) is 47.8 Å². The molecule has 0 aromatic carbocycles. The lowest BCUT2D eigenvalue weighted by atomic mass is 10.3. The number of anilines is 2. The van der Waals surface area contributed by atoms with E-state index in [0.717, 1.165) is 11.4 Å². The fraction of sp³-hybridized carbons (Fsp3) is 0.455. The molecule has 180 valence electrons. The van der Waals surface area contributed by atoms with Crippen LogP contribution >= 0.6 is 0 Å². The zero-order chi connectivity index (χ0) is 24.4. The molecule has 0 aliphatic heterocycles. The molecule has 2 heterocycles. The number of carbonyl (C=O) groups is 2. The molecule has 0 radical (unpaired) electrons. The van der Waals surface area contributed by atoms with Crippen LogP contribution in [0.1, 0.15) is 11.4 Å². The third-order valence-electron chi connectivity index (χ3n) is 4.71. The monoisotopic (exact) mass is 476 g/mol. The van der Waals surface area contributed by atoms with Gasteiger partial charge in [0.2, 0.25) is 11.8 Å². The fourth-order valence-electron chi connectivity index (χ4n) is 2.93. The van der Waals surface area contributed by atoms with Crippen LogP contribution in [0.25, 0.3) is 0 Å². The Kier molecular flexibility index (Phi) is 9.89. The van der Waals surface area contributed by atoms with Gasteiger partial charge in [0.15, 0.2) is 9.84 Å². The van der Waals surface area contributed by atoms with Crippen molar-refractivity contribution in [2.45, 2.75) is 13.8 Å². The third kappa shape index (κ3) is 10.5. The van der Waals surface area contributed by atoms with Gasteiger partial charge in [-0.3, -0.25) is 19.4 Å². The van der Waals surface area contributed by atoms with Crippen LogP contribution in [-0.2, 0) is 19.4 Å². The van der Waals surface area contributed by atoms with Crippen LogP contribution < -0.4 is 10.6 Å². The second-order valence-electron chi connectivity index (χ2n) is 8.05. The molecule has 0 spiro atoms. The van der Waals surface area contributed by atoms with Crippen LogP contribution in [0.3, 0.4) is 0 Å². The first-order valence-corrected chi connectivity index (χ1v) is 12.4. The Morgan fingerprint density at radius 3 is 1.55 bits per heavy atom. The van der Waals surface area contributed by atoms with E-state index in [-0.39, 0.29) is 49.5 Å². The fourth-order valence-corrected chi connectivity index (χ4v) is 4.31. The summed E-state index contributed by atoms with van der Waals surface area (Å²) in [5.74, 6) is 0.251. The Morgan fingerprint density at radius 2 is 1.18 bits per heavy atom. The van der Waals surface area contributed by atoms with Crippen LogP contribution in [0.5, 0.6) is 0 Å². The van der Waals surface area contributed by atoms with Gasteiger partial charge in [0, 0.05) is 24.5 Å². The lowest BCUT2D eigenvalue weighted by molar-refractivity contribution is -0.117. The summed E-state index contributed by atoms with van der Waals surface area (Å²) in [7, 11) is 0.0344. The summed E-state index contributed by atoms with van der Waals surface area (Å²) in [5.41, 5.74) is 1.59. The van der Waals surface area contributed by atoms with Gasteiger partial charge in [-0.05, 0) is 52.2 Å². The highest BCUT2D eigenvalue weighted by atomic mass is 32.2. The quantitative estimate of drug-likeness (QED) is 0.464. The zero-order valence-electron chi connectivity index (χ0n) is 19.5.